The molecule has 25 heavy (non-hydrogen) atoms. The summed E-state index contributed by atoms with van der Waals surface area (Å²) in [6.45, 7) is 1.57. The highest BCUT2D eigenvalue weighted by molar-refractivity contribution is 6.30. The number of methoxy groups -OCH3 is 1. The first kappa shape index (κ1) is 16.1. The molecule has 5 heteroatoms. The van der Waals surface area contributed by atoms with Crippen LogP contribution >= 0.6 is 11.6 Å². The lowest BCUT2D eigenvalue weighted by Crippen LogP contribution is -2.22. The van der Waals surface area contributed by atoms with Crippen molar-refractivity contribution in [1.82, 2.24) is 4.57 Å². The topological polar surface area (TPSA) is 26.6 Å². The van der Waals surface area contributed by atoms with E-state index in [0.717, 1.165) is 34.3 Å². The van der Waals surface area contributed by atoms with Gasteiger partial charge in [-0.25, -0.2) is 0 Å². The average Bonchev–Trinajstić information content (AvgIpc) is 3.31. The minimum absolute atomic E-state index is 0.0890. The van der Waals surface area contributed by atoms with E-state index in [-0.39, 0.29) is 6.23 Å². The lowest BCUT2D eigenvalue weighted by Gasteiger charge is -2.24. The minimum Gasteiger partial charge on any atom is -0.497 e. The maximum absolute atomic E-state index is 6.10. The first-order chi connectivity index (χ1) is 12.2. The molecule has 0 unspecified atom stereocenters. The van der Waals surface area contributed by atoms with Crippen LogP contribution < -0.4 is 9.64 Å². The Balaban J connectivity index is 1.60. The Morgan fingerprint density at radius 3 is 2.68 bits per heavy atom. The molecule has 1 aliphatic heterocycles. The predicted octanol–water partition coefficient (Wildman–Crippen LogP) is 4.67. The summed E-state index contributed by atoms with van der Waals surface area (Å²) >= 11 is 6.10. The molecule has 0 aliphatic carbocycles. The van der Waals surface area contributed by atoms with Crippen molar-refractivity contribution in [3.63, 3.8) is 0 Å². The maximum Gasteiger partial charge on any atom is 0.158 e. The third-order valence-corrected chi connectivity index (χ3v) is 4.64. The molecule has 4 nitrogen and oxygen atoms in total. The van der Waals surface area contributed by atoms with Crippen molar-refractivity contribution in [2.75, 3.05) is 25.2 Å². The minimum atomic E-state index is -0.0890. The molecular weight excluding hydrogens is 336 g/mol. The highest BCUT2D eigenvalue weighted by atomic mass is 35.5. The molecule has 0 amide bonds. The highest BCUT2D eigenvalue weighted by Crippen LogP contribution is 2.33. The molecule has 2 heterocycles. The Labute approximate surface area is 152 Å². The van der Waals surface area contributed by atoms with Gasteiger partial charge in [0.15, 0.2) is 6.23 Å². The van der Waals surface area contributed by atoms with E-state index >= 15 is 0 Å². The monoisotopic (exact) mass is 354 g/mol. The maximum atomic E-state index is 6.10. The number of halogens is 1. The fourth-order valence-electron chi connectivity index (χ4n) is 3.14. The van der Waals surface area contributed by atoms with Gasteiger partial charge in [0.05, 0.1) is 13.7 Å². The molecular formula is C20H19ClN2O2. The molecule has 1 aliphatic rings. The molecule has 2 aromatic carbocycles. The van der Waals surface area contributed by atoms with Crippen molar-refractivity contribution >= 4 is 17.3 Å². The Morgan fingerprint density at radius 2 is 1.92 bits per heavy atom. The standard InChI is InChI=1S/C20H19ClN2O2/c1-24-19-7-5-17(6-8-19)23-11-12-25-20(23)15-9-10-22(14-15)18-4-2-3-16(21)13-18/h2-10,13-14,20H,11-12H2,1H3/t20-/m0/s1. The Morgan fingerprint density at radius 1 is 1.08 bits per heavy atom. The zero-order chi connectivity index (χ0) is 17.2. The van der Waals surface area contributed by atoms with Crippen LogP contribution in [0, 0.1) is 0 Å². The van der Waals surface area contributed by atoms with Gasteiger partial charge in [0.25, 0.3) is 0 Å². The number of hydrogen-bond donors (Lipinski definition) is 0. The molecule has 0 bridgehead atoms. The van der Waals surface area contributed by atoms with Crippen LogP contribution in [0.4, 0.5) is 5.69 Å². The predicted molar refractivity (Wildman–Crippen MR) is 99.8 cm³/mol. The first-order valence-corrected chi connectivity index (χ1v) is 8.58. The molecule has 1 aromatic heterocycles. The summed E-state index contributed by atoms with van der Waals surface area (Å²) in [7, 11) is 1.68. The molecule has 0 spiro atoms. The highest BCUT2D eigenvalue weighted by Gasteiger charge is 2.28. The van der Waals surface area contributed by atoms with Crippen molar-refractivity contribution in [3.8, 4) is 11.4 Å². The molecule has 0 N–H and O–H groups in total. The van der Waals surface area contributed by atoms with Gasteiger partial charge in [-0.1, -0.05) is 17.7 Å². The third kappa shape index (κ3) is 3.23. The summed E-state index contributed by atoms with van der Waals surface area (Å²) in [6.07, 6.45) is 4.04. The number of ether oxygens (including phenoxy) is 2. The number of aromatic nitrogens is 1. The van der Waals surface area contributed by atoms with Gasteiger partial charge in [0, 0.05) is 40.9 Å². The quantitative estimate of drug-likeness (QED) is 0.681. The van der Waals surface area contributed by atoms with Gasteiger partial charge in [0.1, 0.15) is 5.75 Å². The number of anilines is 1. The molecule has 0 radical (unpaired) electrons. The molecule has 0 saturated carbocycles. The number of hydrogen-bond acceptors (Lipinski definition) is 3. The number of rotatable bonds is 4. The van der Waals surface area contributed by atoms with Gasteiger partial charge in [0.2, 0.25) is 0 Å². The van der Waals surface area contributed by atoms with Gasteiger partial charge in [-0.2, -0.15) is 0 Å². The van der Waals surface area contributed by atoms with Gasteiger partial charge in [-0.15, -0.1) is 0 Å². The lowest BCUT2D eigenvalue weighted by atomic mass is 10.2. The summed E-state index contributed by atoms with van der Waals surface area (Å²) in [6, 6.07) is 18.0. The van der Waals surface area contributed by atoms with Crippen LogP contribution in [0.25, 0.3) is 5.69 Å². The second kappa shape index (κ2) is 6.82. The fourth-order valence-corrected chi connectivity index (χ4v) is 3.33. The molecule has 1 fully saturated rings. The smallest absolute Gasteiger partial charge is 0.158 e. The SMILES string of the molecule is COc1ccc(N2CCO[C@H]2c2ccn(-c3cccc(Cl)c3)c2)cc1. The van der Waals surface area contributed by atoms with E-state index in [2.05, 4.69) is 33.9 Å². The van der Waals surface area contributed by atoms with Gasteiger partial charge in [-0.3, -0.25) is 0 Å². The first-order valence-electron chi connectivity index (χ1n) is 8.21. The average molecular weight is 355 g/mol. The second-order valence-electron chi connectivity index (χ2n) is 5.95. The van der Waals surface area contributed by atoms with Crippen LogP contribution in [-0.2, 0) is 4.74 Å². The van der Waals surface area contributed by atoms with E-state index in [1.165, 1.54) is 0 Å². The number of benzene rings is 2. The van der Waals surface area contributed by atoms with Crippen LogP contribution in [0.15, 0.2) is 67.0 Å². The Bertz CT molecular complexity index is 860. The molecule has 128 valence electrons. The van der Waals surface area contributed by atoms with Crippen molar-refractivity contribution in [1.29, 1.82) is 0 Å². The number of nitrogens with zero attached hydrogens (tertiary/aromatic N) is 2. The summed E-state index contributed by atoms with van der Waals surface area (Å²) < 4.78 is 13.3. The van der Waals surface area contributed by atoms with E-state index in [1.54, 1.807) is 7.11 Å². The van der Waals surface area contributed by atoms with Crippen molar-refractivity contribution in [2.45, 2.75) is 6.23 Å². The van der Waals surface area contributed by atoms with Gasteiger partial charge in [-0.05, 0) is 48.5 Å². The zero-order valence-electron chi connectivity index (χ0n) is 13.9. The summed E-state index contributed by atoms with van der Waals surface area (Å²) in [4.78, 5) is 2.26. The summed E-state index contributed by atoms with van der Waals surface area (Å²) in [5, 5.41) is 0.727. The molecule has 4 rings (SSSR count). The normalized spacial score (nSPS) is 17.0. The van der Waals surface area contributed by atoms with Gasteiger partial charge < -0.3 is 18.9 Å². The summed E-state index contributed by atoms with van der Waals surface area (Å²) in [5.74, 6) is 0.854. The van der Waals surface area contributed by atoms with Crippen LogP contribution in [0.1, 0.15) is 11.8 Å². The van der Waals surface area contributed by atoms with E-state index in [0.29, 0.717) is 6.61 Å². The van der Waals surface area contributed by atoms with E-state index < -0.39 is 0 Å². The van der Waals surface area contributed by atoms with E-state index in [1.807, 2.05) is 42.6 Å². The van der Waals surface area contributed by atoms with Crippen LogP contribution in [0.2, 0.25) is 5.02 Å². The second-order valence-corrected chi connectivity index (χ2v) is 6.38. The van der Waals surface area contributed by atoms with Gasteiger partial charge >= 0.3 is 0 Å². The third-order valence-electron chi connectivity index (χ3n) is 4.40. The van der Waals surface area contributed by atoms with Crippen molar-refractivity contribution < 1.29 is 9.47 Å². The Kier molecular flexibility index (Phi) is 4.38. The van der Waals surface area contributed by atoms with Crippen LogP contribution in [-0.4, -0.2) is 24.8 Å². The van der Waals surface area contributed by atoms with Crippen molar-refractivity contribution in [2.24, 2.45) is 0 Å². The molecule has 3 aromatic rings. The Hall–Kier alpha value is -2.43. The summed E-state index contributed by atoms with van der Waals surface area (Å²) in [5.41, 5.74) is 3.28. The van der Waals surface area contributed by atoms with Crippen LogP contribution in [0.3, 0.4) is 0 Å². The fraction of sp³-hybridized carbons (Fsp3) is 0.200. The molecule has 1 atom stereocenters. The molecule has 1 saturated heterocycles. The van der Waals surface area contributed by atoms with E-state index in [9.17, 15) is 0 Å². The largest absolute Gasteiger partial charge is 0.497 e. The van der Waals surface area contributed by atoms with E-state index in [4.69, 9.17) is 21.1 Å². The lowest BCUT2D eigenvalue weighted by molar-refractivity contribution is 0.114. The van der Waals surface area contributed by atoms with Crippen LogP contribution in [0.5, 0.6) is 5.75 Å². The zero-order valence-corrected chi connectivity index (χ0v) is 14.7. The van der Waals surface area contributed by atoms with Crippen molar-refractivity contribution in [3.05, 3.63) is 77.6 Å².